The first-order chi connectivity index (χ1) is 16.1. The van der Waals surface area contributed by atoms with Crippen LogP contribution in [0.25, 0.3) is 11.1 Å². The van der Waals surface area contributed by atoms with Crippen molar-refractivity contribution < 1.29 is 28.5 Å². The molecule has 8 heteroatoms. The Kier molecular flexibility index (Phi) is 4.74. The monoisotopic (exact) mass is 465 g/mol. The molecule has 0 saturated heterocycles. The third-order valence-corrected chi connectivity index (χ3v) is 7.40. The number of likely N-dealkylation sites (N-methyl/N-ethyl adjacent to an activating group) is 1. The zero-order valence-electron chi connectivity index (χ0n) is 18.5. The van der Waals surface area contributed by atoms with E-state index in [1.54, 1.807) is 25.6 Å². The zero-order valence-corrected chi connectivity index (χ0v) is 19.4. The lowest BCUT2D eigenvalue weighted by Crippen LogP contribution is -2.36. The number of fused-ring (bicyclic) bond motifs is 3. The Morgan fingerprint density at radius 2 is 2.00 bits per heavy atom. The maximum absolute atomic E-state index is 13.3. The summed E-state index contributed by atoms with van der Waals surface area (Å²) in [4.78, 5) is 15.5. The number of carbonyl (C=O) groups is 1. The molecule has 0 fully saturated rings. The minimum Gasteiger partial charge on any atom is -0.496 e. The van der Waals surface area contributed by atoms with E-state index in [1.807, 2.05) is 42.1 Å². The summed E-state index contributed by atoms with van der Waals surface area (Å²) in [6.45, 7) is 0.984. The van der Waals surface area contributed by atoms with Crippen LogP contribution >= 0.6 is 11.3 Å². The lowest BCUT2D eigenvalue weighted by Gasteiger charge is -2.38. The van der Waals surface area contributed by atoms with Gasteiger partial charge in [-0.3, -0.25) is 4.90 Å². The Bertz CT molecular complexity index is 1250. The number of benzene rings is 2. The van der Waals surface area contributed by atoms with Crippen LogP contribution in [0.3, 0.4) is 0 Å². The van der Waals surface area contributed by atoms with Gasteiger partial charge < -0.3 is 23.7 Å². The molecule has 1 aromatic heterocycles. The van der Waals surface area contributed by atoms with E-state index in [1.165, 1.54) is 0 Å². The smallest absolute Gasteiger partial charge is 0.340 e. The van der Waals surface area contributed by atoms with Gasteiger partial charge in [0.2, 0.25) is 12.5 Å². The van der Waals surface area contributed by atoms with Gasteiger partial charge in [-0.15, -0.1) is 0 Å². The quantitative estimate of drug-likeness (QED) is 0.522. The highest BCUT2D eigenvalue weighted by Gasteiger charge is 2.45. The molecule has 6 rings (SSSR count). The lowest BCUT2D eigenvalue weighted by atomic mass is 9.84. The minimum absolute atomic E-state index is 0.167. The van der Waals surface area contributed by atoms with Gasteiger partial charge in [0, 0.05) is 23.2 Å². The summed E-state index contributed by atoms with van der Waals surface area (Å²) < 4.78 is 28.9. The van der Waals surface area contributed by atoms with Gasteiger partial charge in [0.1, 0.15) is 11.9 Å². The van der Waals surface area contributed by atoms with E-state index >= 15 is 0 Å². The molecule has 2 atom stereocenters. The molecule has 3 aliphatic rings. The highest BCUT2D eigenvalue weighted by Crippen LogP contribution is 2.55. The molecule has 7 nitrogen and oxygen atoms in total. The van der Waals surface area contributed by atoms with Crippen LogP contribution in [-0.2, 0) is 11.2 Å². The van der Waals surface area contributed by atoms with Crippen LogP contribution in [0, 0.1) is 0 Å². The molecule has 33 heavy (non-hydrogen) atoms. The summed E-state index contributed by atoms with van der Waals surface area (Å²) >= 11 is 1.58. The van der Waals surface area contributed by atoms with Gasteiger partial charge in [0.15, 0.2) is 11.5 Å². The molecule has 3 aromatic rings. The standard InChI is InChI=1S/C25H23NO6S/c1-26-8-6-13-10-17-23(31-12-30-17)24(29-3)19(13)21(26)22-15-4-5-16(28-2)18(14-7-9-33-11-14)20(15)25(27)32-22/h4-5,7,9-11,21-22H,6,8,12H2,1-3H3/t21-,22+/m1/s1. The van der Waals surface area contributed by atoms with Crippen LogP contribution in [-0.4, -0.2) is 45.5 Å². The molecule has 0 bridgehead atoms. The summed E-state index contributed by atoms with van der Waals surface area (Å²) in [5.41, 5.74) is 5.25. The lowest BCUT2D eigenvalue weighted by molar-refractivity contribution is 0.00884. The predicted octanol–water partition coefficient (Wildman–Crippen LogP) is 4.60. The van der Waals surface area contributed by atoms with E-state index < -0.39 is 6.10 Å². The highest BCUT2D eigenvalue weighted by molar-refractivity contribution is 7.08. The molecule has 0 aliphatic carbocycles. The predicted molar refractivity (Wildman–Crippen MR) is 123 cm³/mol. The van der Waals surface area contributed by atoms with Crippen LogP contribution in [0.2, 0.25) is 0 Å². The fourth-order valence-corrected chi connectivity index (χ4v) is 5.89. The van der Waals surface area contributed by atoms with Gasteiger partial charge in [-0.05, 0) is 53.6 Å². The summed E-state index contributed by atoms with van der Waals surface area (Å²) in [5, 5.41) is 4.01. The van der Waals surface area contributed by atoms with E-state index in [-0.39, 0.29) is 18.8 Å². The first-order valence-electron chi connectivity index (χ1n) is 10.8. The third-order valence-electron chi connectivity index (χ3n) is 6.71. The fourth-order valence-electron chi connectivity index (χ4n) is 5.24. The number of cyclic esters (lactones) is 1. The van der Waals surface area contributed by atoms with Gasteiger partial charge in [-0.1, -0.05) is 6.07 Å². The van der Waals surface area contributed by atoms with Crippen molar-refractivity contribution in [2.75, 3.05) is 34.6 Å². The summed E-state index contributed by atoms with van der Waals surface area (Å²) in [7, 11) is 5.30. The van der Waals surface area contributed by atoms with Crippen molar-refractivity contribution >= 4 is 17.3 Å². The number of ether oxygens (including phenoxy) is 5. The van der Waals surface area contributed by atoms with Gasteiger partial charge in [0.05, 0.1) is 25.8 Å². The molecule has 0 saturated carbocycles. The molecule has 0 radical (unpaired) electrons. The van der Waals surface area contributed by atoms with Crippen molar-refractivity contribution in [3.63, 3.8) is 0 Å². The summed E-state index contributed by atoms with van der Waals surface area (Å²) in [6.07, 6.45) is 0.347. The minimum atomic E-state index is -0.492. The molecule has 3 aliphatic heterocycles. The van der Waals surface area contributed by atoms with Gasteiger partial charge in [0.25, 0.3) is 0 Å². The SMILES string of the molecule is COc1ccc2c(c1-c1ccsc1)C(=O)O[C@@H]2[C@H]1c2c(cc3c(c2OC)OCO3)CCN1C. The van der Waals surface area contributed by atoms with E-state index in [4.69, 9.17) is 23.7 Å². The van der Waals surface area contributed by atoms with Crippen molar-refractivity contribution in [1.82, 2.24) is 4.90 Å². The van der Waals surface area contributed by atoms with Crippen molar-refractivity contribution in [3.8, 4) is 34.1 Å². The first-order valence-corrected chi connectivity index (χ1v) is 11.7. The largest absolute Gasteiger partial charge is 0.496 e. The Hall–Kier alpha value is -3.23. The van der Waals surface area contributed by atoms with Crippen molar-refractivity contribution in [2.24, 2.45) is 0 Å². The average molecular weight is 466 g/mol. The molecule has 0 amide bonds. The number of methoxy groups -OCH3 is 2. The van der Waals surface area contributed by atoms with E-state index in [2.05, 4.69) is 4.90 Å². The van der Waals surface area contributed by atoms with Gasteiger partial charge >= 0.3 is 5.97 Å². The second kappa shape index (κ2) is 7.67. The zero-order chi connectivity index (χ0) is 22.7. The molecule has 0 spiro atoms. The number of thiophene rings is 1. The maximum Gasteiger partial charge on any atom is 0.340 e. The van der Waals surface area contributed by atoms with E-state index in [0.29, 0.717) is 28.6 Å². The number of rotatable bonds is 4. The Morgan fingerprint density at radius 3 is 2.76 bits per heavy atom. The summed E-state index contributed by atoms with van der Waals surface area (Å²) in [6, 6.07) is 7.66. The topological polar surface area (TPSA) is 66.5 Å². The molecule has 0 N–H and O–H groups in total. The third kappa shape index (κ3) is 2.94. The van der Waals surface area contributed by atoms with Gasteiger partial charge in [-0.25, -0.2) is 4.79 Å². The fraction of sp³-hybridized carbons (Fsp3) is 0.320. The van der Waals surface area contributed by atoms with Crippen molar-refractivity contribution in [3.05, 3.63) is 57.3 Å². The Balaban J connectivity index is 1.54. The number of hydrogen-bond donors (Lipinski definition) is 0. The van der Waals surface area contributed by atoms with Crippen molar-refractivity contribution in [2.45, 2.75) is 18.6 Å². The van der Waals surface area contributed by atoms with Crippen LogP contribution < -0.4 is 18.9 Å². The molecular weight excluding hydrogens is 442 g/mol. The number of hydrogen-bond acceptors (Lipinski definition) is 8. The van der Waals surface area contributed by atoms with E-state index in [9.17, 15) is 4.79 Å². The van der Waals surface area contributed by atoms with Gasteiger partial charge in [-0.2, -0.15) is 11.3 Å². The second-order valence-electron chi connectivity index (χ2n) is 8.34. The Labute approximate surface area is 195 Å². The average Bonchev–Trinajstić information content (AvgIpc) is 3.58. The van der Waals surface area contributed by atoms with E-state index in [0.717, 1.165) is 40.8 Å². The highest BCUT2D eigenvalue weighted by atomic mass is 32.1. The molecular formula is C25H23NO6S. The number of esters is 1. The van der Waals surface area contributed by atoms with Crippen LogP contribution in [0.4, 0.5) is 0 Å². The second-order valence-corrected chi connectivity index (χ2v) is 9.12. The molecule has 4 heterocycles. The van der Waals surface area contributed by atoms with Crippen molar-refractivity contribution in [1.29, 1.82) is 0 Å². The Morgan fingerprint density at radius 1 is 1.12 bits per heavy atom. The number of carbonyl (C=O) groups excluding carboxylic acids is 1. The van der Waals surface area contributed by atoms with Crippen LogP contribution in [0.15, 0.2) is 35.0 Å². The maximum atomic E-state index is 13.3. The van der Waals surface area contributed by atoms with Crippen LogP contribution in [0.1, 0.15) is 39.2 Å². The van der Waals surface area contributed by atoms with Crippen LogP contribution in [0.5, 0.6) is 23.0 Å². The normalized spacial score (nSPS) is 20.9. The first kappa shape index (κ1) is 20.4. The summed E-state index contributed by atoms with van der Waals surface area (Å²) in [5.74, 6) is 2.27. The molecule has 2 aromatic carbocycles. The molecule has 170 valence electrons. The molecule has 0 unspecified atom stereocenters. The number of nitrogens with zero attached hydrogens (tertiary/aromatic N) is 1.